The Morgan fingerprint density at radius 2 is 0.639 bits per heavy atom. The fourth-order valence-corrected chi connectivity index (χ4v) is 7.51. The van der Waals surface area contributed by atoms with Gasteiger partial charge in [-0.3, -0.25) is 14.4 Å². The summed E-state index contributed by atoms with van der Waals surface area (Å²) < 4.78 is 16.8. The third-order valence-corrected chi connectivity index (χ3v) is 11.4. The lowest BCUT2D eigenvalue weighted by Crippen LogP contribution is -2.30. The van der Waals surface area contributed by atoms with E-state index >= 15 is 0 Å². The van der Waals surface area contributed by atoms with Gasteiger partial charge in [0, 0.05) is 19.3 Å². The van der Waals surface area contributed by atoms with E-state index in [4.69, 9.17) is 14.2 Å². The normalized spacial score (nSPS) is 12.4. The Morgan fingerprint density at radius 3 is 1.00 bits per heavy atom. The van der Waals surface area contributed by atoms with Gasteiger partial charge in [-0.15, -0.1) is 0 Å². The topological polar surface area (TPSA) is 78.9 Å². The highest BCUT2D eigenvalue weighted by molar-refractivity contribution is 5.71. The molecule has 0 saturated carbocycles. The van der Waals surface area contributed by atoms with Crippen LogP contribution in [0.5, 0.6) is 0 Å². The summed E-state index contributed by atoms with van der Waals surface area (Å²) >= 11 is 0. The molecule has 0 aromatic carbocycles. The first-order valence-corrected chi connectivity index (χ1v) is 26.2. The van der Waals surface area contributed by atoms with Gasteiger partial charge < -0.3 is 14.2 Å². The average Bonchev–Trinajstić information content (AvgIpc) is 3.26. The second-order valence-electron chi connectivity index (χ2n) is 17.5. The lowest BCUT2D eigenvalue weighted by molar-refractivity contribution is -0.167. The van der Waals surface area contributed by atoms with E-state index in [2.05, 4.69) is 51.2 Å². The molecule has 0 bridgehead atoms. The summed E-state index contributed by atoms with van der Waals surface area (Å²) in [5.74, 6) is -0.890. The second kappa shape index (κ2) is 50.0. The van der Waals surface area contributed by atoms with Gasteiger partial charge in [-0.05, 0) is 38.5 Å². The Labute approximate surface area is 378 Å². The Balaban J connectivity index is 4.39. The van der Waals surface area contributed by atoms with Crippen LogP contribution in [0.2, 0.25) is 0 Å². The summed E-state index contributed by atoms with van der Waals surface area (Å²) in [5, 5.41) is 0. The molecule has 354 valence electrons. The zero-order chi connectivity index (χ0) is 44.4. The Kier molecular flexibility index (Phi) is 47.9. The fourth-order valence-electron chi connectivity index (χ4n) is 7.51. The summed E-state index contributed by atoms with van der Waals surface area (Å²) in [4.78, 5) is 38.0. The van der Waals surface area contributed by atoms with Gasteiger partial charge in [0.15, 0.2) is 6.10 Å². The molecule has 0 amide bonds. The maximum absolute atomic E-state index is 12.8. The molecule has 6 nitrogen and oxygen atoms in total. The third-order valence-electron chi connectivity index (χ3n) is 11.4. The largest absolute Gasteiger partial charge is 0.462 e. The third kappa shape index (κ3) is 48.3. The predicted octanol–water partition coefficient (Wildman–Crippen LogP) is 17.1. The van der Waals surface area contributed by atoms with Crippen LogP contribution >= 0.6 is 0 Å². The summed E-state index contributed by atoms with van der Waals surface area (Å²) in [5.41, 5.74) is 0. The van der Waals surface area contributed by atoms with Gasteiger partial charge in [-0.1, -0.05) is 256 Å². The molecule has 0 aliphatic rings. The molecule has 0 aromatic rings. The maximum Gasteiger partial charge on any atom is 0.306 e. The van der Waals surface area contributed by atoms with E-state index in [-0.39, 0.29) is 31.1 Å². The monoisotopic (exact) mass is 855 g/mol. The molecule has 61 heavy (non-hydrogen) atoms. The van der Waals surface area contributed by atoms with Gasteiger partial charge in [-0.2, -0.15) is 0 Å². The molecule has 1 unspecified atom stereocenters. The van der Waals surface area contributed by atoms with Crippen molar-refractivity contribution < 1.29 is 28.6 Å². The van der Waals surface area contributed by atoms with Crippen LogP contribution in [0, 0.1) is 0 Å². The zero-order valence-corrected chi connectivity index (χ0v) is 40.4. The van der Waals surface area contributed by atoms with Crippen LogP contribution in [0.15, 0.2) is 48.6 Å². The maximum atomic E-state index is 12.8. The summed E-state index contributed by atoms with van der Waals surface area (Å²) in [6.07, 6.45) is 59.4. The van der Waals surface area contributed by atoms with E-state index in [1.54, 1.807) is 0 Å². The van der Waals surface area contributed by atoms with Gasteiger partial charge in [0.1, 0.15) is 13.2 Å². The minimum Gasteiger partial charge on any atom is -0.462 e. The SMILES string of the molecule is CC\C=C/C=C\C=C/C=C\CCCCCCCC(=O)OCC(COC(=O)CCCCCCCCCCCCCCCC)OC(=O)CCCCCCCCCCCCCCCC. The van der Waals surface area contributed by atoms with Gasteiger partial charge in [0.05, 0.1) is 0 Å². The highest BCUT2D eigenvalue weighted by Gasteiger charge is 2.19. The molecule has 0 fully saturated rings. The van der Waals surface area contributed by atoms with Crippen molar-refractivity contribution in [3.8, 4) is 0 Å². The Hall–Kier alpha value is -2.63. The molecular formula is C55H98O6. The van der Waals surface area contributed by atoms with E-state index < -0.39 is 6.10 Å². The number of allylic oxidation sites excluding steroid dienone is 8. The van der Waals surface area contributed by atoms with Crippen LogP contribution in [-0.2, 0) is 28.6 Å². The van der Waals surface area contributed by atoms with Crippen LogP contribution < -0.4 is 0 Å². The second-order valence-corrected chi connectivity index (χ2v) is 17.5. The molecule has 0 heterocycles. The van der Waals surface area contributed by atoms with Crippen molar-refractivity contribution in [1.82, 2.24) is 0 Å². The number of ether oxygens (including phenoxy) is 3. The number of unbranched alkanes of at least 4 members (excludes halogenated alkanes) is 31. The molecule has 0 spiro atoms. The average molecular weight is 855 g/mol. The van der Waals surface area contributed by atoms with Crippen molar-refractivity contribution in [3.63, 3.8) is 0 Å². The van der Waals surface area contributed by atoms with Crippen molar-refractivity contribution in [1.29, 1.82) is 0 Å². The lowest BCUT2D eigenvalue weighted by atomic mass is 10.0. The molecule has 0 rings (SSSR count). The first-order chi connectivity index (χ1) is 30.0. The van der Waals surface area contributed by atoms with Crippen molar-refractivity contribution in [2.45, 2.75) is 271 Å². The molecule has 0 aliphatic carbocycles. The molecule has 0 aromatic heterocycles. The highest BCUT2D eigenvalue weighted by Crippen LogP contribution is 2.16. The number of carbonyl (C=O) groups is 3. The van der Waals surface area contributed by atoms with E-state index in [1.165, 1.54) is 141 Å². The number of carbonyl (C=O) groups excluding carboxylic acids is 3. The minimum absolute atomic E-state index is 0.0769. The first-order valence-electron chi connectivity index (χ1n) is 26.2. The number of hydrogen-bond acceptors (Lipinski definition) is 6. The Bertz CT molecular complexity index is 1070. The van der Waals surface area contributed by atoms with E-state index in [0.29, 0.717) is 19.3 Å². The lowest BCUT2D eigenvalue weighted by Gasteiger charge is -2.18. The van der Waals surface area contributed by atoms with Crippen molar-refractivity contribution in [3.05, 3.63) is 48.6 Å². The van der Waals surface area contributed by atoms with Crippen LogP contribution in [0.3, 0.4) is 0 Å². The van der Waals surface area contributed by atoms with Gasteiger partial charge in [0.2, 0.25) is 0 Å². The summed E-state index contributed by atoms with van der Waals surface area (Å²) in [6.45, 7) is 6.50. The molecule has 0 aliphatic heterocycles. The van der Waals surface area contributed by atoms with Gasteiger partial charge >= 0.3 is 17.9 Å². The predicted molar refractivity (Wildman–Crippen MR) is 261 cm³/mol. The minimum atomic E-state index is -0.778. The molecule has 1 atom stereocenters. The summed E-state index contributed by atoms with van der Waals surface area (Å²) in [6, 6.07) is 0. The number of esters is 3. The quantitative estimate of drug-likeness (QED) is 0.0263. The number of rotatable bonds is 47. The van der Waals surface area contributed by atoms with Gasteiger partial charge in [-0.25, -0.2) is 0 Å². The van der Waals surface area contributed by atoms with Crippen LogP contribution in [-0.4, -0.2) is 37.2 Å². The van der Waals surface area contributed by atoms with E-state index in [1.807, 2.05) is 18.2 Å². The van der Waals surface area contributed by atoms with Crippen molar-refractivity contribution in [2.24, 2.45) is 0 Å². The molecular weight excluding hydrogens is 757 g/mol. The highest BCUT2D eigenvalue weighted by atomic mass is 16.6. The van der Waals surface area contributed by atoms with E-state index in [0.717, 1.165) is 83.5 Å². The fraction of sp³-hybridized carbons (Fsp3) is 0.800. The zero-order valence-electron chi connectivity index (χ0n) is 40.4. The van der Waals surface area contributed by atoms with Crippen LogP contribution in [0.1, 0.15) is 265 Å². The first kappa shape index (κ1) is 58.4. The molecule has 6 heteroatoms. The van der Waals surface area contributed by atoms with Crippen molar-refractivity contribution in [2.75, 3.05) is 13.2 Å². The van der Waals surface area contributed by atoms with Crippen molar-refractivity contribution >= 4 is 17.9 Å². The number of hydrogen-bond donors (Lipinski definition) is 0. The standard InChI is InChI=1S/C55H98O6/c1-4-7-10-13-16-19-22-25-28-31-33-36-39-42-45-48-54(57)60-51-52(61-55(58)49-46-43-40-37-34-30-27-24-21-18-15-12-9-6-3)50-59-53(56)47-44-41-38-35-32-29-26-23-20-17-14-11-8-5-2/h7,10,13,16,19,22,25,28,52H,4-6,8-9,11-12,14-15,17-18,20-21,23-24,26-27,29-51H2,1-3H3/b10-7-,16-13-,22-19-,28-25-. The molecule has 0 N–H and O–H groups in total. The smallest absolute Gasteiger partial charge is 0.306 e. The molecule has 0 radical (unpaired) electrons. The molecule has 0 saturated heterocycles. The van der Waals surface area contributed by atoms with E-state index in [9.17, 15) is 14.4 Å². The van der Waals surface area contributed by atoms with Crippen LogP contribution in [0.4, 0.5) is 0 Å². The van der Waals surface area contributed by atoms with Gasteiger partial charge in [0.25, 0.3) is 0 Å². The Morgan fingerprint density at radius 1 is 0.344 bits per heavy atom. The van der Waals surface area contributed by atoms with Crippen LogP contribution in [0.25, 0.3) is 0 Å². The summed E-state index contributed by atoms with van der Waals surface area (Å²) in [7, 11) is 0.